The van der Waals surface area contributed by atoms with Crippen LogP contribution in [0.2, 0.25) is 0 Å². The number of esters is 1. The lowest BCUT2D eigenvalue weighted by molar-refractivity contribution is -0.142. The lowest BCUT2D eigenvalue weighted by atomic mass is 10.3. The number of methoxy groups -OCH3 is 1. The number of nitrogen functional groups attached to an aromatic ring is 1. The van der Waals surface area contributed by atoms with Gasteiger partial charge in [0.25, 0.3) is 0 Å². The number of hydrogen-bond acceptors (Lipinski definition) is 4. The molecule has 1 fully saturated rings. The molecule has 1 aromatic rings. The molecule has 1 saturated carbocycles. The van der Waals surface area contributed by atoms with E-state index < -0.39 is 0 Å². The molecule has 0 saturated heterocycles. The first kappa shape index (κ1) is 11.5. The molecule has 2 N–H and O–H groups in total. The lowest BCUT2D eigenvalue weighted by Gasteiger charge is -1.92. The number of pyridine rings is 1. The van der Waals surface area contributed by atoms with Crippen molar-refractivity contribution in [3.8, 4) is 0 Å². The second-order valence-electron chi connectivity index (χ2n) is 3.53. The molecule has 15 heavy (non-hydrogen) atoms. The highest BCUT2D eigenvalue weighted by molar-refractivity contribution is 5.74. The molecule has 0 spiro atoms. The van der Waals surface area contributed by atoms with Gasteiger partial charge in [-0.2, -0.15) is 0 Å². The molecule has 0 bridgehead atoms. The highest BCUT2D eigenvalue weighted by Gasteiger charge is 2.30. The van der Waals surface area contributed by atoms with Crippen molar-refractivity contribution < 1.29 is 9.53 Å². The Morgan fingerprint density at radius 2 is 2.27 bits per heavy atom. The Morgan fingerprint density at radius 1 is 1.60 bits per heavy atom. The number of nitrogens with zero attached hydrogens (tertiary/aromatic N) is 1. The van der Waals surface area contributed by atoms with Crippen LogP contribution >= 0.6 is 0 Å². The summed E-state index contributed by atoms with van der Waals surface area (Å²) in [5.41, 5.74) is 7.30. The molecule has 0 aliphatic heterocycles. The lowest BCUT2D eigenvalue weighted by Crippen LogP contribution is -2.00. The van der Waals surface area contributed by atoms with Crippen LogP contribution in [0.5, 0.6) is 0 Å². The number of anilines is 1. The summed E-state index contributed by atoms with van der Waals surface area (Å²) >= 11 is 0. The monoisotopic (exact) mass is 208 g/mol. The highest BCUT2D eigenvalue weighted by atomic mass is 16.5. The van der Waals surface area contributed by atoms with Crippen LogP contribution in [-0.4, -0.2) is 18.1 Å². The minimum Gasteiger partial charge on any atom is -0.469 e. The minimum absolute atomic E-state index is 0.0417. The highest BCUT2D eigenvalue weighted by Crippen LogP contribution is 2.29. The van der Waals surface area contributed by atoms with Gasteiger partial charge in [-0.3, -0.25) is 9.78 Å². The van der Waals surface area contributed by atoms with Crippen LogP contribution in [0.4, 0.5) is 5.69 Å². The largest absolute Gasteiger partial charge is 0.469 e. The van der Waals surface area contributed by atoms with Crippen LogP contribution < -0.4 is 5.73 Å². The van der Waals surface area contributed by atoms with Gasteiger partial charge in [-0.1, -0.05) is 0 Å². The maximum absolute atomic E-state index is 10.4. The third-order valence-corrected chi connectivity index (χ3v) is 2.19. The Morgan fingerprint density at radius 3 is 2.53 bits per heavy atom. The maximum Gasteiger partial charge on any atom is 0.308 e. The first-order chi connectivity index (χ1) is 7.15. The SMILES string of the molecule is COC(=O)C1CC1.Cc1ccncc1N. The zero-order chi connectivity index (χ0) is 11.3. The number of aryl methyl sites for hydroxylation is 1. The van der Waals surface area contributed by atoms with E-state index in [4.69, 9.17) is 5.73 Å². The van der Waals surface area contributed by atoms with Gasteiger partial charge < -0.3 is 10.5 Å². The third-order valence-electron chi connectivity index (χ3n) is 2.19. The van der Waals surface area contributed by atoms with Gasteiger partial charge in [0.2, 0.25) is 0 Å². The first-order valence-corrected chi connectivity index (χ1v) is 4.89. The number of carbonyl (C=O) groups excluding carboxylic acids is 1. The molecule has 0 atom stereocenters. The average Bonchev–Trinajstić information content (AvgIpc) is 3.06. The molecule has 1 aliphatic carbocycles. The second-order valence-corrected chi connectivity index (χ2v) is 3.53. The van der Waals surface area contributed by atoms with E-state index in [2.05, 4.69) is 9.72 Å². The Hall–Kier alpha value is -1.58. The van der Waals surface area contributed by atoms with Crippen LogP contribution in [0.3, 0.4) is 0 Å². The first-order valence-electron chi connectivity index (χ1n) is 4.89. The van der Waals surface area contributed by atoms with Crippen LogP contribution in [-0.2, 0) is 9.53 Å². The van der Waals surface area contributed by atoms with Crippen molar-refractivity contribution in [3.63, 3.8) is 0 Å². The Bertz CT molecular complexity index is 314. The number of nitrogens with two attached hydrogens (primary N) is 1. The quantitative estimate of drug-likeness (QED) is 0.711. The van der Waals surface area contributed by atoms with Crippen LogP contribution in [0.1, 0.15) is 18.4 Å². The summed E-state index contributed by atoms with van der Waals surface area (Å²) in [6.07, 6.45) is 5.44. The predicted molar refractivity (Wildman–Crippen MR) is 58.1 cm³/mol. The van der Waals surface area contributed by atoms with Crippen LogP contribution in [0, 0.1) is 12.8 Å². The fraction of sp³-hybridized carbons (Fsp3) is 0.455. The zero-order valence-corrected chi connectivity index (χ0v) is 9.06. The summed E-state index contributed by atoms with van der Waals surface area (Å²) in [4.78, 5) is 14.2. The molecule has 82 valence electrons. The van der Waals surface area contributed by atoms with Crippen LogP contribution in [0.25, 0.3) is 0 Å². The van der Waals surface area contributed by atoms with E-state index in [0.29, 0.717) is 0 Å². The standard InChI is InChI=1S/C6H8N2.C5H8O2/c1-5-2-3-8-4-6(5)7;1-7-5(6)4-2-3-4/h2-4H,7H2,1H3;4H,2-3H2,1H3. The molecular weight excluding hydrogens is 192 g/mol. The van der Waals surface area contributed by atoms with Crippen molar-refractivity contribution in [3.05, 3.63) is 24.0 Å². The smallest absolute Gasteiger partial charge is 0.308 e. The van der Waals surface area contributed by atoms with Crippen molar-refractivity contribution in [1.82, 2.24) is 4.98 Å². The third kappa shape index (κ3) is 3.97. The summed E-state index contributed by atoms with van der Waals surface area (Å²) in [5, 5.41) is 0. The zero-order valence-electron chi connectivity index (χ0n) is 9.06. The second kappa shape index (κ2) is 5.34. The summed E-state index contributed by atoms with van der Waals surface area (Å²) in [6.45, 7) is 1.96. The van der Waals surface area contributed by atoms with Gasteiger partial charge in [-0.25, -0.2) is 0 Å². The van der Waals surface area contributed by atoms with Crippen molar-refractivity contribution in [2.75, 3.05) is 12.8 Å². The van der Waals surface area contributed by atoms with E-state index in [1.54, 1.807) is 12.4 Å². The summed E-state index contributed by atoms with van der Waals surface area (Å²) < 4.78 is 4.44. The molecule has 0 unspecified atom stereocenters. The van der Waals surface area contributed by atoms with E-state index in [1.807, 2.05) is 13.0 Å². The van der Waals surface area contributed by atoms with Crippen molar-refractivity contribution in [1.29, 1.82) is 0 Å². The number of carbonyl (C=O) groups is 1. The molecule has 0 aromatic carbocycles. The fourth-order valence-electron chi connectivity index (χ4n) is 0.962. The average molecular weight is 208 g/mol. The molecule has 1 aromatic heterocycles. The Kier molecular flexibility index (Phi) is 4.09. The topological polar surface area (TPSA) is 65.2 Å². The number of aromatic nitrogens is 1. The van der Waals surface area contributed by atoms with Gasteiger partial charge >= 0.3 is 5.97 Å². The number of ether oxygens (including phenoxy) is 1. The van der Waals surface area contributed by atoms with E-state index >= 15 is 0 Å². The van der Waals surface area contributed by atoms with Crippen molar-refractivity contribution in [2.24, 2.45) is 5.92 Å². The Labute approximate surface area is 89.5 Å². The molecule has 0 amide bonds. The molecule has 1 aliphatic rings. The van der Waals surface area contributed by atoms with Gasteiger partial charge in [-0.15, -0.1) is 0 Å². The van der Waals surface area contributed by atoms with E-state index in [0.717, 1.165) is 24.1 Å². The minimum atomic E-state index is -0.0417. The van der Waals surface area contributed by atoms with Gasteiger partial charge in [-0.05, 0) is 31.4 Å². The van der Waals surface area contributed by atoms with Crippen molar-refractivity contribution in [2.45, 2.75) is 19.8 Å². The molecular formula is C11H16N2O2. The fourth-order valence-corrected chi connectivity index (χ4v) is 0.962. The molecule has 4 heteroatoms. The number of hydrogen-bond donors (Lipinski definition) is 1. The number of rotatable bonds is 1. The maximum atomic E-state index is 10.4. The molecule has 4 nitrogen and oxygen atoms in total. The molecule has 1 heterocycles. The van der Waals surface area contributed by atoms with Gasteiger partial charge in [0.15, 0.2) is 0 Å². The van der Waals surface area contributed by atoms with E-state index in [9.17, 15) is 4.79 Å². The summed E-state index contributed by atoms with van der Waals surface area (Å²) in [7, 11) is 1.43. The van der Waals surface area contributed by atoms with Gasteiger partial charge in [0.1, 0.15) is 0 Å². The van der Waals surface area contributed by atoms with Gasteiger partial charge in [0.05, 0.1) is 18.7 Å². The van der Waals surface area contributed by atoms with Crippen LogP contribution in [0.15, 0.2) is 18.5 Å². The van der Waals surface area contributed by atoms with E-state index in [1.165, 1.54) is 7.11 Å². The van der Waals surface area contributed by atoms with Gasteiger partial charge in [0, 0.05) is 12.4 Å². The Balaban J connectivity index is 0.000000151. The van der Waals surface area contributed by atoms with Crippen molar-refractivity contribution >= 4 is 11.7 Å². The summed E-state index contributed by atoms with van der Waals surface area (Å²) in [5.74, 6) is 0.213. The molecule has 2 rings (SSSR count). The predicted octanol–water partition coefficient (Wildman–Crippen LogP) is 1.54. The molecule has 0 radical (unpaired) electrons. The normalized spacial score (nSPS) is 13.7. The van der Waals surface area contributed by atoms with E-state index in [-0.39, 0.29) is 11.9 Å². The summed E-state index contributed by atoms with van der Waals surface area (Å²) in [6, 6.07) is 1.88.